The molecule has 16 heavy (non-hydrogen) atoms. The number of hydrogen-bond acceptors (Lipinski definition) is 3. The maximum Gasteiger partial charge on any atom is 0.126 e. The Morgan fingerprint density at radius 2 is 2.19 bits per heavy atom. The molecule has 0 atom stereocenters. The van der Waals surface area contributed by atoms with Crippen LogP contribution in [-0.2, 0) is 11.3 Å². The van der Waals surface area contributed by atoms with Crippen LogP contribution < -0.4 is 10.6 Å². The van der Waals surface area contributed by atoms with Gasteiger partial charge in [-0.3, -0.25) is 0 Å². The minimum Gasteiger partial charge on any atom is -0.496 e. The number of hydrogen-bond donors (Lipinski definition) is 1. The lowest BCUT2D eigenvalue weighted by Gasteiger charge is -2.06. The second-order valence-corrected chi connectivity index (χ2v) is 3.49. The lowest BCUT2D eigenvalue weighted by Crippen LogP contribution is -1.98. The molecule has 0 bridgehead atoms. The average molecular weight is 221 g/mol. The van der Waals surface area contributed by atoms with Crippen LogP contribution in [0.25, 0.3) is 6.08 Å². The standard InChI is InChI=1S/C13H19NO2/c1-3-11-7-8-13(15-2)12(10-11)6-4-5-9-16-14/h4,6-8,10H,3,5,9,14H2,1-2H3/b6-4+. The van der Waals surface area contributed by atoms with Crippen LogP contribution >= 0.6 is 0 Å². The summed E-state index contributed by atoms with van der Waals surface area (Å²) in [6.07, 6.45) is 5.90. The molecule has 0 aliphatic carbocycles. The molecule has 0 unspecified atom stereocenters. The molecule has 0 aromatic heterocycles. The Morgan fingerprint density at radius 3 is 2.81 bits per heavy atom. The highest BCUT2D eigenvalue weighted by molar-refractivity contribution is 5.58. The van der Waals surface area contributed by atoms with Crippen molar-refractivity contribution in [1.29, 1.82) is 0 Å². The Morgan fingerprint density at radius 1 is 1.38 bits per heavy atom. The van der Waals surface area contributed by atoms with Gasteiger partial charge < -0.3 is 9.57 Å². The maximum absolute atomic E-state index is 5.29. The largest absolute Gasteiger partial charge is 0.496 e. The van der Waals surface area contributed by atoms with E-state index in [1.54, 1.807) is 7.11 Å². The van der Waals surface area contributed by atoms with Crippen molar-refractivity contribution < 1.29 is 9.57 Å². The number of aryl methyl sites for hydroxylation is 1. The first-order chi connectivity index (χ1) is 7.81. The van der Waals surface area contributed by atoms with E-state index in [1.165, 1.54) is 5.56 Å². The van der Waals surface area contributed by atoms with E-state index in [9.17, 15) is 0 Å². The fourth-order valence-corrected chi connectivity index (χ4v) is 1.48. The number of benzene rings is 1. The highest BCUT2D eigenvalue weighted by atomic mass is 16.6. The fraction of sp³-hybridized carbons (Fsp3) is 0.385. The maximum atomic E-state index is 5.29. The summed E-state index contributed by atoms with van der Waals surface area (Å²) in [4.78, 5) is 4.50. The Kier molecular flexibility index (Phi) is 5.61. The van der Waals surface area contributed by atoms with Crippen LogP contribution in [0.15, 0.2) is 24.3 Å². The van der Waals surface area contributed by atoms with E-state index in [1.807, 2.05) is 18.2 Å². The average Bonchev–Trinajstić information content (AvgIpc) is 2.34. The van der Waals surface area contributed by atoms with Gasteiger partial charge in [0.1, 0.15) is 5.75 Å². The van der Waals surface area contributed by atoms with Gasteiger partial charge >= 0.3 is 0 Å². The lowest BCUT2D eigenvalue weighted by atomic mass is 10.1. The van der Waals surface area contributed by atoms with Gasteiger partial charge in [-0.05, 0) is 30.5 Å². The van der Waals surface area contributed by atoms with E-state index >= 15 is 0 Å². The van der Waals surface area contributed by atoms with Crippen LogP contribution in [0.3, 0.4) is 0 Å². The minimum atomic E-state index is 0.534. The van der Waals surface area contributed by atoms with Gasteiger partial charge in [-0.25, -0.2) is 5.90 Å². The SMILES string of the molecule is CCc1ccc(OC)c(/C=C/CCON)c1. The molecule has 1 aromatic carbocycles. The molecule has 0 radical (unpaired) electrons. The van der Waals surface area contributed by atoms with Crippen LogP contribution in [0.5, 0.6) is 5.75 Å². The molecular formula is C13H19NO2. The number of nitrogens with two attached hydrogens (primary N) is 1. The van der Waals surface area contributed by atoms with Gasteiger partial charge in [0, 0.05) is 5.56 Å². The molecule has 3 heteroatoms. The highest BCUT2D eigenvalue weighted by Crippen LogP contribution is 2.21. The normalized spacial score (nSPS) is 10.9. The molecule has 0 fully saturated rings. The molecule has 0 amide bonds. The van der Waals surface area contributed by atoms with Crippen molar-refractivity contribution >= 4 is 6.08 Å². The van der Waals surface area contributed by atoms with Gasteiger partial charge in [-0.2, -0.15) is 0 Å². The number of ether oxygens (including phenoxy) is 1. The second-order valence-electron chi connectivity index (χ2n) is 3.49. The van der Waals surface area contributed by atoms with Gasteiger partial charge in [0.2, 0.25) is 0 Å². The second kappa shape index (κ2) is 7.04. The summed E-state index contributed by atoms with van der Waals surface area (Å²) in [7, 11) is 1.68. The van der Waals surface area contributed by atoms with Crippen molar-refractivity contribution in [1.82, 2.24) is 0 Å². The number of methoxy groups -OCH3 is 1. The molecule has 3 nitrogen and oxygen atoms in total. The van der Waals surface area contributed by atoms with E-state index in [2.05, 4.69) is 23.9 Å². The molecule has 0 saturated heterocycles. The van der Waals surface area contributed by atoms with Crippen LogP contribution in [0, 0.1) is 0 Å². The van der Waals surface area contributed by atoms with Crippen molar-refractivity contribution in [3.63, 3.8) is 0 Å². The summed E-state index contributed by atoms with van der Waals surface area (Å²) in [6, 6.07) is 6.22. The molecular weight excluding hydrogens is 202 g/mol. The number of rotatable bonds is 6. The Bertz CT molecular complexity index is 348. The highest BCUT2D eigenvalue weighted by Gasteiger charge is 2.00. The van der Waals surface area contributed by atoms with Crippen molar-refractivity contribution in [2.24, 2.45) is 5.90 Å². The van der Waals surface area contributed by atoms with Crippen molar-refractivity contribution in [3.05, 3.63) is 35.4 Å². The topological polar surface area (TPSA) is 44.5 Å². The third kappa shape index (κ3) is 3.68. The molecule has 0 saturated carbocycles. The van der Waals surface area contributed by atoms with Gasteiger partial charge in [-0.1, -0.05) is 25.1 Å². The summed E-state index contributed by atoms with van der Waals surface area (Å²) in [5.74, 6) is 5.84. The molecule has 0 aliphatic heterocycles. The first-order valence-electron chi connectivity index (χ1n) is 5.47. The third-order valence-corrected chi connectivity index (χ3v) is 2.40. The van der Waals surface area contributed by atoms with Crippen LogP contribution in [0.4, 0.5) is 0 Å². The molecule has 88 valence electrons. The quantitative estimate of drug-likeness (QED) is 0.593. The Hall–Kier alpha value is -1.32. The van der Waals surface area contributed by atoms with Crippen molar-refractivity contribution in [2.75, 3.05) is 13.7 Å². The molecule has 0 spiro atoms. The van der Waals surface area contributed by atoms with Crippen molar-refractivity contribution in [3.8, 4) is 5.75 Å². The van der Waals surface area contributed by atoms with Gasteiger partial charge in [0.05, 0.1) is 13.7 Å². The predicted molar refractivity (Wildman–Crippen MR) is 66.2 cm³/mol. The Labute approximate surface area is 96.8 Å². The third-order valence-electron chi connectivity index (χ3n) is 2.40. The minimum absolute atomic E-state index is 0.534. The summed E-state index contributed by atoms with van der Waals surface area (Å²) in [5, 5.41) is 0. The zero-order chi connectivity index (χ0) is 11.8. The lowest BCUT2D eigenvalue weighted by molar-refractivity contribution is 0.143. The molecule has 2 N–H and O–H groups in total. The van der Waals surface area contributed by atoms with Crippen molar-refractivity contribution in [2.45, 2.75) is 19.8 Å². The Balaban J connectivity index is 2.78. The van der Waals surface area contributed by atoms with Gasteiger partial charge in [-0.15, -0.1) is 0 Å². The molecule has 1 aromatic rings. The van der Waals surface area contributed by atoms with Gasteiger partial charge in [0.15, 0.2) is 0 Å². The smallest absolute Gasteiger partial charge is 0.126 e. The molecule has 0 aliphatic rings. The summed E-state index contributed by atoms with van der Waals surface area (Å²) in [5.41, 5.74) is 2.40. The zero-order valence-corrected chi connectivity index (χ0v) is 9.90. The first kappa shape index (κ1) is 12.7. The summed E-state index contributed by atoms with van der Waals surface area (Å²) < 4.78 is 5.29. The van der Waals surface area contributed by atoms with E-state index in [0.717, 1.165) is 24.2 Å². The predicted octanol–water partition coefficient (Wildman–Crippen LogP) is 2.55. The van der Waals surface area contributed by atoms with Crippen LogP contribution in [-0.4, -0.2) is 13.7 Å². The molecule has 1 rings (SSSR count). The van der Waals surface area contributed by atoms with E-state index in [0.29, 0.717) is 6.61 Å². The van der Waals surface area contributed by atoms with Crippen LogP contribution in [0.2, 0.25) is 0 Å². The van der Waals surface area contributed by atoms with Gasteiger partial charge in [0.25, 0.3) is 0 Å². The van der Waals surface area contributed by atoms with E-state index in [4.69, 9.17) is 10.6 Å². The summed E-state index contributed by atoms with van der Waals surface area (Å²) in [6.45, 7) is 2.67. The van der Waals surface area contributed by atoms with Crippen LogP contribution in [0.1, 0.15) is 24.5 Å². The molecule has 0 heterocycles. The fourth-order valence-electron chi connectivity index (χ4n) is 1.48. The van der Waals surface area contributed by atoms with E-state index < -0.39 is 0 Å². The first-order valence-corrected chi connectivity index (χ1v) is 5.47. The monoisotopic (exact) mass is 221 g/mol. The van der Waals surface area contributed by atoms with E-state index in [-0.39, 0.29) is 0 Å². The summed E-state index contributed by atoms with van der Waals surface area (Å²) >= 11 is 0. The zero-order valence-electron chi connectivity index (χ0n) is 9.90.